The number of carbonyl (C=O) groups excluding carboxylic acids is 4. The fraction of sp³-hybridized carbons (Fsp3) is 0.740. The highest BCUT2D eigenvalue weighted by atomic mass is 31.2. The van der Waals surface area contributed by atoms with Gasteiger partial charge in [0, 0.05) is 25.7 Å². The summed E-state index contributed by atoms with van der Waals surface area (Å²) < 4.78 is 68.3. The third kappa shape index (κ3) is 68.5. The quantitative estimate of drug-likeness (QED) is 0.0169. The maximum Gasteiger partial charge on any atom is 0.472 e. The summed E-state index contributed by atoms with van der Waals surface area (Å²) in [6.07, 6.45) is 71.3. The molecule has 554 valence electrons. The van der Waals surface area contributed by atoms with Crippen LogP contribution >= 0.6 is 15.6 Å². The molecule has 0 aromatic carbocycles. The third-order valence-corrected chi connectivity index (χ3v) is 17.4. The number of hydrogen-bond donors (Lipinski definition) is 3. The molecule has 0 spiro atoms. The molecule has 0 rings (SSSR count). The summed E-state index contributed by atoms with van der Waals surface area (Å²) in [4.78, 5) is 72.7. The van der Waals surface area contributed by atoms with E-state index in [-0.39, 0.29) is 25.7 Å². The van der Waals surface area contributed by atoms with Crippen LogP contribution in [0, 0.1) is 0 Å². The number of unbranched alkanes of at least 4 members (excludes halogenated alkanes) is 28. The van der Waals surface area contributed by atoms with Gasteiger partial charge in [-0.15, -0.1) is 0 Å². The fourth-order valence-corrected chi connectivity index (χ4v) is 11.3. The highest BCUT2D eigenvalue weighted by molar-refractivity contribution is 7.47. The molecule has 0 saturated heterocycles. The molecule has 0 amide bonds. The highest BCUT2D eigenvalue weighted by Crippen LogP contribution is 2.45. The standard InChI is InChI=1S/C77H134O17P2/c1-5-9-13-17-21-25-29-32-34-35-37-39-43-46-50-54-58-62-75(80)88-68-73(94-77(82)64-60-56-52-48-44-40-36-33-30-26-22-18-14-10-6-2)70-92-96(85,86)90-66-71(78)65-89-95(83,84)91-69-72(93-76(81)63-59-55-51-47-41-28-24-20-16-12-8-4)67-87-74(79)61-57-53-49-45-42-38-31-27-23-19-15-11-7-3/h9,13,20-21,24-25,27,31-34,36-37,39,46,50,71-73,78H,5-8,10-12,14-19,22-23,26,28-30,35,38,40-45,47-49,51-70H2,1-4H3,(H,83,84)(H,85,86)/b13-9-,24-20-,25-21-,31-27-,34-32-,36-33-,39-37-,50-46-. The number of aliphatic hydroxyl groups is 1. The number of rotatable bonds is 70. The van der Waals surface area contributed by atoms with Gasteiger partial charge in [-0.3, -0.25) is 37.3 Å². The van der Waals surface area contributed by atoms with Crippen molar-refractivity contribution >= 4 is 39.5 Å². The number of aliphatic hydroxyl groups excluding tert-OH is 1. The summed E-state index contributed by atoms with van der Waals surface area (Å²) in [6.45, 7) is 4.61. The summed E-state index contributed by atoms with van der Waals surface area (Å²) in [6, 6.07) is 0. The average Bonchev–Trinajstić information content (AvgIpc) is 2.18. The minimum atomic E-state index is -4.99. The van der Waals surface area contributed by atoms with E-state index in [2.05, 4.69) is 113 Å². The lowest BCUT2D eigenvalue weighted by atomic mass is 10.1. The maximum absolute atomic E-state index is 13.1. The number of allylic oxidation sites excluding steroid dienone is 16. The van der Waals surface area contributed by atoms with Crippen LogP contribution in [0.1, 0.15) is 310 Å². The van der Waals surface area contributed by atoms with E-state index in [0.29, 0.717) is 32.1 Å². The van der Waals surface area contributed by atoms with Gasteiger partial charge in [-0.05, 0) is 135 Å². The molecule has 5 unspecified atom stereocenters. The molecule has 0 aliphatic heterocycles. The van der Waals surface area contributed by atoms with Gasteiger partial charge in [0.05, 0.1) is 26.4 Å². The molecule has 0 heterocycles. The van der Waals surface area contributed by atoms with Crippen molar-refractivity contribution in [1.29, 1.82) is 0 Å². The van der Waals surface area contributed by atoms with Gasteiger partial charge in [0.1, 0.15) is 19.3 Å². The Morgan fingerprint density at radius 3 is 0.927 bits per heavy atom. The normalized spacial score (nSPS) is 14.5. The molecular weight excluding hydrogens is 1260 g/mol. The Morgan fingerprint density at radius 1 is 0.302 bits per heavy atom. The molecule has 0 saturated carbocycles. The maximum atomic E-state index is 13.1. The van der Waals surface area contributed by atoms with E-state index in [1.54, 1.807) is 0 Å². The molecule has 0 bridgehead atoms. The van der Waals surface area contributed by atoms with Crippen molar-refractivity contribution in [2.45, 2.75) is 329 Å². The van der Waals surface area contributed by atoms with Crippen molar-refractivity contribution in [3.05, 3.63) is 97.2 Å². The molecule has 17 nitrogen and oxygen atoms in total. The zero-order valence-electron chi connectivity index (χ0n) is 60.3. The van der Waals surface area contributed by atoms with Crippen molar-refractivity contribution < 1.29 is 80.2 Å². The van der Waals surface area contributed by atoms with Crippen LogP contribution in [0.25, 0.3) is 0 Å². The first-order valence-corrected chi connectivity index (χ1v) is 40.5. The molecule has 0 fully saturated rings. The Labute approximate surface area is 582 Å². The fourth-order valence-electron chi connectivity index (χ4n) is 9.75. The first-order valence-electron chi connectivity index (χ1n) is 37.5. The van der Waals surface area contributed by atoms with E-state index in [9.17, 15) is 43.2 Å². The molecular formula is C77H134O17P2. The minimum absolute atomic E-state index is 0.0727. The van der Waals surface area contributed by atoms with Gasteiger partial charge in [0.25, 0.3) is 0 Å². The zero-order chi connectivity index (χ0) is 70.4. The molecule has 0 aromatic heterocycles. The smallest absolute Gasteiger partial charge is 0.462 e. The molecule has 96 heavy (non-hydrogen) atoms. The molecule has 0 radical (unpaired) electrons. The number of phosphoric acid groups is 2. The van der Waals surface area contributed by atoms with Crippen LogP contribution in [-0.2, 0) is 65.4 Å². The number of ether oxygens (including phenoxy) is 4. The van der Waals surface area contributed by atoms with Gasteiger partial charge in [-0.25, -0.2) is 9.13 Å². The largest absolute Gasteiger partial charge is 0.472 e. The number of hydrogen-bond acceptors (Lipinski definition) is 15. The van der Waals surface area contributed by atoms with E-state index in [0.717, 1.165) is 148 Å². The van der Waals surface area contributed by atoms with E-state index in [4.69, 9.17) is 37.0 Å². The second kappa shape index (κ2) is 69.5. The summed E-state index contributed by atoms with van der Waals surface area (Å²) in [5.41, 5.74) is 0. The summed E-state index contributed by atoms with van der Waals surface area (Å²) in [5.74, 6) is -2.26. The average molecular weight is 1390 g/mol. The lowest BCUT2D eigenvalue weighted by Gasteiger charge is -2.21. The lowest BCUT2D eigenvalue weighted by molar-refractivity contribution is -0.161. The predicted octanol–water partition coefficient (Wildman–Crippen LogP) is 21.2. The van der Waals surface area contributed by atoms with E-state index in [1.165, 1.54) is 77.0 Å². The summed E-state index contributed by atoms with van der Waals surface area (Å²) in [5, 5.41) is 10.6. The first kappa shape index (κ1) is 92.0. The van der Waals surface area contributed by atoms with Crippen molar-refractivity contribution in [3.8, 4) is 0 Å². The predicted molar refractivity (Wildman–Crippen MR) is 390 cm³/mol. The Morgan fingerprint density at radius 2 is 0.562 bits per heavy atom. The van der Waals surface area contributed by atoms with Crippen LogP contribution in [0.3, 0.4) is 0 Å². The summed E-state index contributed by atoms with van der Waals surface area (Å²) >= 11 is 0. The zero-order valence-corrected chi connectivity index (χ0v) is 62.1. The van der Waals surface area contributed by atoms with Gasteiger partial charge < -0.3 is 33.8 Å². The van der Waals surface area contributed by atoms with Crippen molar-refractivity contribution in [1.82, 2.24) is 0 Å². The first-order chi connectivity index (χ1) is 46.7. The van der Waals surface area contributed by atoms with Crippen molar-refractivity contribution in [3.63, 3.8) is 0 Å². The van der Waals surface area contributed by atoms with Crippen LogP contribution in [0.4, 0.5) is 0 Å². The van der Waals surface area contributed by atoms with Gasteiger partial charge in [0.2, 0.25) is 0 Å². The van der Waals surface area contributed by atoms with Crippen molar-refractivity contribution in [2.24, 2.45) is 0 Å². The van der Waals surface area contributed by atoms with Crippen LogP contribution < -0.4 is 0 Å². The lowest BCUT2D eigenvalue weighted by Crippen LogP contribution is -2.30. The number of phosphoric ester groups is 2. The van der Waals surface area contributed by atoms with Gasteiger partial charge >= 0.3 is 39.5 Å². The number of esters is 4. The van der Waals surface area contributed by atoms with Crippen molar-refractivity contribution in [2.75, 3.05) is 39.6 Å². The monoisotopic (exact) mass is 1390 g/mol. The van der Waals surface area contributed by atoms with Crippen LogP contribution in [0.15, 0.2) is 97.2 Å². The van der Waals surface area contributed by atoms with Crippen LogP contribution in [0.5, 0.6) is 0 Å². The minimum Gasteiger partial charge on any atom is -0.462 e. The molecule has 3 N–H and O–H groups in total. The molecule has 0 aliphatic carbocycles. The molecule has 0 aromatic rings. The topological polar surface area (TPSA) is 237 Å². The van der Waals surface area contributed by atoms with Gasteiger partial charge in [-0.2, -0.15) is 0 Å². The van der Waals surface area contributed by atoms with E-state index in [1.807, 2.05) is 12.2 Å². The van der Waals surface area contributed by atoms with Gasteiger partial charge in [-0.1, -0.05) is 247 Å². The third-order valence-electron chi connectivity index (χ3n) is 15.5. The Balaban J connectivity index is 5.38. The van der Waals surface area contributed by atoms with E-state index >= 15 is 0 Å². The Kier molecular flexibility index (Phi) is 66.6. The highest BCUT2D eigenvalue weighted by Gasteiger charge is 2.30. The van der Waals surface area contributed by atoms with E-state index < -0.39 is 97.5 Å². The molecule has 0 aliphatic rings. The Bertz CT molecular complexity index is 2200. The second-order valence-electron chi connectivity index (χ2n) is 24.8. The van der Waals surface area contributed by atoms with Gasteiger partial charge in [0.15, 0.2) is 12.2 Å². The number of carbonyl (C=O) groups is 4. The SMILES string of the molecule is CC/C=C\C/C=C\C/C=C\C/C=C\C/C=C\CCCC(=O)OCC(COP(=O)(O)OCC(O)COP(=O)(O)OCC(COC(=O)CCCCCCC/C=C\CCCCCC)OC(=O)CCCCCCC/C=C\CCCC)OC(=O)CCCCCCC/C=C\CCCCCCCC. The molecule has 19 heteroatoms. The summed E-state index contributed by atoms with van der Waals surface area (Å²) in [7, 11) is -9.96. The Hall–Kier alpha value is -4.02. The van der Waals surface area contributed by atoms with Crippen LogP contribution in [0.2, 0.25) is 0 Å². The van der Waals surface area contributed by atoms with Crippen LogP contribution in [-0.4, -0.2) is 96.7 Å². The molecule has 5 atom stereocenters. The second-order valence-corrected chi connectivity index (χ2v) is 27.8.